The summed E-state index contributed by atoms with van der Waals surface area (Å²) in [6.07, 6.45) is 6.35. The molecule has 6 nitrogen and oxygen atoms in total. The SMILES string of the molecule is CCOc1cc(/C=N\N2C(=O)[C@@H]3[C@@H](C2=O)[C@H]2C=C[C@H]3C2)cc(Cl)c1O. The molecule has 0 unspecified atom stereocenters. The molecule has 1 heterocycles. The molecule has 1 aromatic carbocycles. The summed E-state index contributed by atoms with van der Waals surface area (Å²) in [6, 6.07) is 3.06. The molecular weight excluding hydrogens is 344 g/mol. The summed E-state index contributed by atoms with van der Waals surface area (Å²) >= 11 is 5.98. The summed E-state index contributed by atoms with van der Waals surface area (Å²) in [5, 5.41) is 15.0. The van der Waals surface area contributed by atoms with E-state index in [0.717, 1.165) is 11.4 Å². The lowest BCUT2D eigenvalue weighted by molar-refractivity contribution is -0.140. The Kier molecular flexibility index (Phi) is 3.80. The number of hydrogen-bond donors (Lipinski definition) is 1. The predicted octanol–water partition coefficient (Wildman–Crippen LogP) is 2.59. The Balaban J connectivity index is 1.59. The number of carbonyl (C=O) groups is 2. The molecule has 1 saturated heterocycles. The summed E-state index contributed by atoms with van der Waals surface area (Å²) < 4.78 is 5.32. The van der Waals surface area contributed by atoms with Gasteiger partial charge in [0.1, 0.15) is 0 Å². The van der Waals surface area contributed by atoms with Gasteiger partial charge in [0.25, 0.3) is 11.8 Å². The fraction of sp³-hybridized carbons (Fsp3) is 0.389. The maximum absolute atomic E-state index is 12.6. The van der Waals surface area contributed by atoms with Crippen molar-refractivity contribution in [2.45, 2.75) is 13.3 Å². The molecular formula is C18H17ClN2O4. The van der Waals surface area contributed by atoms with Crippen LogP contribution in [-0.2, 0) is 9.59 Å². The molecule has 130 valence electrons. The predicted molar refractivity (Wildman–Crippen MR) is 91.4 cm³/mol. The number of ether oxygens (including phenoxy) is 1. The Hall–Kier alpha value is -2.34. The first kappa shape index (κ1) is 16.1. The van der Waals surface area contributed by atoms with Crippen molar-refractivity contribution in [1.82, 2.24) is 5.01 Å². The number of phenols is 1. The standard InChI is InChI=1S/C18H17ClN2O4/c1-2-25-13-6-9(5-12(19)16(13)22)8-20-21-17(23)14-10-3-4-11(7-10)15(14)18(21)24/h3-6,8,10-11,14-15,22H,2,7H2,1H3/b20-8-/t10-,11-,14-,15-/m0/s1. The molecule has 4 rings (SSSR count). The number of hydrazone groups is 1. The smallest absolute Gasteiger partial charge is 0.254 e. The average Bonchev–Trinajstić information content (AvgIpc) is 3.25. The summed E-state index contributed by atoms with van der Waals surface area (Å²) in [4.78, 5) is 25.1. The first-order valence-corrected chi connectivity index (χ1v) is 8.64. The molecule has 1 aromatic rings. The quantitative estimate of drug-likeness (QED) is 0.508. The molecule has 0 aromatic heterocycles. The molecule has 0 radical (unpaired) electrons. The van der Waals surface area contributed by atoms with E-state index in [1.54, 1.807) is 13.0 Å². The number of rotatable bonds is 4. The molecule has 2 amide bonds. The lowest BCUT2D eigenvalue weighted by atomic mass is 9.85. The number of benzene rings is 1. The van der Waals surface area contributed by atoms with Gasteiger partial charge < -0.3 is 9.84 Å². The van der Waals surface area contributed by atoms with Crippen molar-refractivity contribution in [3.8, 4) is 11.5 Å². The van der Waals surface area contributed by atoms with Crippen molar-refractivity contribution in [1.29, 1.82) is 0 Å². The molecule has 25 heavy (non-hydrogen) atoms. The lowest BCUT2D eigenvalue weighted by Crippen LogP contribution is -2.28. The molecule has 3 aliphatic rings. The number of aromatic hydroxyl groups is 1. The highest BCUT2D eigenvalue weighted by atomic mass is 35.5. The van der Waals surface area contributed by atoms with Crippen LogP contribution in [0.15, 0.2) is 29.4 Å². The molecule has 4 atom stereocenters. The van der Waals surface area contributed by atoms with Crippen LogP contribution in [-0.4, -0.2) is 34.8 Å². The van der Waals surface area contributed by atoms with Gasteiger partial charge in [-0.3, -0.25) is 9.59 Å². The number of allylic oxidation sites excluding steroid dienone is 2. The van der Waals surface area contributed by atoms with Crippen LogP contribution < -0.4 is 4.74 Å². The van der Waals surface area contributed by atoms with Crippen LogP contribution in [0, 0.1) is 23.7 Å². The van der Waals surface area contributed by atoms with Crippen LogP contribution in [0.25, 0.3) is 0 Å². The van der Waals surface area contributed by atoms with Crippen LogP contribution in [0.2, 0.25) is 5.02 Å². The van der Waals surface area contributed by atoms with Gasteiger partial charge in [0.2, 0.25) is 0 Å². The second kappa shape index (κ2) is 5.88. The number of amides is 2. The van der Waals surface area contributed by atoms with Crippen molar-refractivity contribution in [2.75, 3.05) is 6.61 Å². The molecule has 1 aliphatic heterocycles. The van der Waals surface area contributed by atoms with Gasteiger partial charge in [0, 0.05) is 0 Å². The zero-order valence-corrected chi connectivity index (χ0v) is 14.3. The minimum absolute atomic E-state index is 0.116. The second-order valence-electron chi connectivity index (χ2n) is 6.52. The third-order valence-electron chi connectivity index (χ3n) is 5.12. The average molecular weight is 361 g/mol. The third kappa shape index (κ3) is 2.43. The highest BCUT2D eigenvalue weighted by Gasteiger charge is 2.59. The van der Waals surface area contributed by atoms with E-state index < -0.39 is 0 Å². The van der Waals surface area contributed by atoms with Crippen molar-refractivity contribution in [3.63, 3.8) is 0 Å². The van der Waals surface area contributed by atoms with Gasteiger partial charge in [-0.1, -0.05) is 23.8 Å². The second-order valence-corrected chi connectivity index (χ2v) is 6.92. The zero-order valence-electron chi connectivity index (χ0n) is 13.6. The van der Waals surface area contributed by atoms with Crippen LogP contribution in [0.3, 0.4) is 0 Å². The first-order chi connectivity index (χ1) is 12.0. The van der Waals surface area contributed by atoms with Crippen molar-refractivity contribution in [2.24, 2.45) is 28.8 Å². The van der Waals surface area contributed by atoms with Crippen LogP contribution in [0.5, 0.6) is 11.5 Å². The molecule has 2 aliphatic carbocycles. The van der Waals surface area contributed by atoms with Crippen LogP contribution in [0.4, 0.5) is 0 Å². The van der Waals surface area contributed by atoms with Gasteiger partial charge in [0.05, 0.1) is 29.7 Å². The summed E-state index contributed by atoms with van der Waals surface area (Å²) in [5.41, 5.74) is 0.532. The van der Waals surface area contributed by atoms with Gasteiger partial charge in [-0.15, -0.1) is 0 Å². The van der Waals surface area contributed by atoms with Crippen molar-refractivity contribution >= 4 is 29.6 Å². The van der Waals surface area contributed by atoms with E-state index >= 15 is 0 Å². The van der Waals surface area contributed by atoms with Crippen molar-refractivity contribution in [3.05, 3.63) is 34.9 Å². The fourth-order valence-electron chi connectivity index (χ4n) is 4.06. The van der Waals surface area contributed by atoms with E-state index in [-0.39, 0.29) is 52.0 Å². The van der Waals surface area contributed by atoms with Crippen molar-refractivity contribution < 1.29 is 19.4 Å². The van der Waals surface area contributed by atoms with Gasteiger partial charge in [0.15, 0.2) is 11.5 Å². The fourth-order valence-corrected chi connectivity index (χ4v) is 4.28. The normalized spacial score (nSPS) is 29.9. The Morgan fingerprint density at radius 3 is 2.52 bits per heavy atom. The van der Waals surface area contributed by atoms with Gasteiger partial charge in [-0.05, 0) is 42.9 Å². The minimum atomic E-state index is -0.276. The number of phenolic OH excluding ortho intramolecular Hbond substituents is 1. The topological polar surface area (TPSA) is 79.2 Å². The number of hydrogen-bond acceptors (Lipinski definition) is 5. The summed E-state index contributed by atoms with van der Waals surface area (Å²) in [7, 11) is 0. The largest absolute Gasteiger partial charge is 0.503 e. The van der Waals surface area contributed by atoms with E-state index in [2.05, 4.69) is 5.10 Å². The maximum Gasteiger partial charge on any atom is 0.254 e. The molecule has 0 spiro atoms. The van der Waals surface area contributed by atoms with Crippen LogP contribution in [0.1, 0.15) is 18.9 Å². The molecule has 1 saturated carbocycles. The summed E-state index contributed by atoms with van der Waals surface area (Å²) in [6.45, 7) is 2.16. The molecule has 2 bridgehead atoms. The third-order valence-corrected chi connectivity index (χ3v) is 5.41. The Morgan fingerprint density at radius 1 is 1.28 bits per heavy atom. The van der Waals surface area contributed by atoms with Crippen LogP contribution >= 0.6 is 11.6 Å². The number of carbonyl (C=O) groups excluding carboxylic acids is 2. The van der Waals surface area contributed by atoms with E-state index in [4.69, 9.17) is 16.3 Å². The highest BCUT2D eigenvalue weighted by molar-refractivity contribution is 6.32. The number of nitrogens with zero attached hydrogens (tertiary/aromatic N) is 2. The minimum Gasteiger partial charge on any atom is -0.503 e. The summed E-state index contributed by atoms with van der Waals surface area (Å²) in [5.74, 6) is -0.639. The lowest BCUT2D eigenvalue weighted by Gasteiger charge is -2.13. The highest BCUT2D eigenvalue weighted by Crippen LogP contribution is 2.52. The Labute approximate surface area is 149 Å². The molecule has 7 heteroatoms. The Morgan fingerprint density at radius 2 is 1.92 bits per heavy atom. The monoisotopic (exact) mass is 360 g/mol. The van der Waals surface area contributed by atoms with E-state index in [9.17, 15) is 14.7 Å². The van der Waals surface area contributed by atoms with Gasteiger partial charge >= 0.3 is 0 Å². The van der Waals surface area contributed by atoms with E-state index in [1.165, 1.54) is 12.3 Å². The zero-order chi connectivity index (χ0) is 17.7. The van der Waals surface area contributed by atoms with Gasteiger partial charge in [-0.25, -0.2) is 0 Å². The van der Waals surface area contributed by atoms with Gasteiger partial charge in [-0.2, -0.15) is 10.1 Å². The van der Waals surface area contributed by atoms with E-state index in [0.29, 0.717) is 12.2 Å². The molecule has 1 N–H and O–H groups in total. The van der Waals surface area contributed by atoms with E-state index in [1.807, 2.05) is 12.2 Å². The number of imide groups is 1. The number of fused-ring (bicyclic) bond motifs is 5. The maximum atomic E-state index is 12.6. The first-order valence-electron chi connectivity index (χ1n) is 8.26. The number of halogens is 1. The molecule has 2 fully saturated rings. The Bertz CT molecular complexity index is 790.